The first-order valence-electron chi connectivity index (χ1n) is 6.36. The largest absolute Gasteiger partial charge is 0.466 e. The summed E-state index contributed by atoms with van der Waals surface area (Å²) in [7, 11) is 0. The van der Waals surface area contributed by atoms with E-state index in [2.05, 4.69) is 10.3 Å². The van der Waals surface area contributed by atoms with E-state index in [0.29, 0.717) is 17.0 Å². The van der Waals surface area contributed by atoms with Gasteiger partial charge in [0, 0.05) is 5.39 Å². The van der Waals surface area contributed by atoms with Crippen molar-refractivity contribution in [1.82, 2.24) is 4.98 Å². The number of para-hydroxylation sites is 1. The molecular weight excluding hydrogens is 252 g/mol. The maximum absolute atomic E-state index is 12.2. The molecule has 3 aromatic rings. The van der Waals surface area contributed by atoms with Crippen LogP contribution in [0.15, 0.2) is 47.0 Å². The molecule has 0 aliphatic carbocycles. The van der Waals surface area contributed by atoms with Crippen molar-refractivity contribution in [3.05, 3.63) is 59.7 Å². The first-order valence-corrected chi connectivity index (χ1v) is 6.36. The number of aromatic nitrogens is 1. The van der Waals surface area contributed by atoms with Crippen LogP contribution in [0.1, 0.15) is 21.9 Å². The van der Waals surface area contributed by atoms with Gasteiger partial charge in [-0.3, -0.25) is 9.78 Å². The Morgan fingerprint density at radius 3 is 2.75 bits per heavy atom. The summed E-state index contributed by atoms with van der Waals surface area (Å²) in [5, 5.41) is 3.83. The number of furan rings is 1. The summed E-state index contributed by atoms with van der Waals surface area (Å²) in [4.78, 5) is 16.5. The molecule has 2 heterocycles. The molecule has 0 aliphatic heterocycles. The minimum Gasteiger partial charge on any atom is -0.466 e. The van der Waals surface area contributed by atoms with E-state index in [1.807, 2.05) is 37.3 Å². The molecule has 4 heteroatoms. The van der Waals surface area contributed by atoms with E-state index in [1.54, 1.807) is 19.2 Å². The second kappa shape index (κ2) is 4.81. The number of aryl methyl sites for hydroxylation is 2. The number of fused-ring (bicyclic) bond motifs is 1. The van der Waals surface area contributed by atoms with Crippen molar-refractivity contribution < 1.29 is 9.21 Å². The van der Waals surface area contributed by atoms with Crippen LogP contribution < -0.4 is 5.32 Å². The lowest BCUT2D eigenvalue weighted by molar-refractivity contribution is 0.102. The molecule has 0 aliphatic rings. The third-order valence-corrected chi connectivity index (χ3v) is 3.13. The van der Waals surface area contributed by atoms with Gasteiger partial charge in [0.2, 0.25) is 0 Å². The molecule has 0 spiro atoms. The van der Waals surface area contributed by atoms with Crippen molar-refractivity contribution in [3.63, 3.8) is 0 Å². The first-order chi connectivity index (χ1) is 9.63. The van der Waals surface area contributed by atoms with E-state index in [1.165, 1.54) is 0 Å². The molecule has 1 aromatic carbocycles. The van der Waals surface area contributed by atoms with Crippen molar-refractivity contribution in [2.24, 2.45) is 0 Å². The van der Waals surface area contributed by atoms with E-state index in [0.717, 1.165) is 16.7 Å². The van der Waals surface area contributed by atoms with Gasteiger partial charge in [0.05, 0.1) is 23.0 Å². The highest BCUT2D eigenvalue weighted by Gasteiger charge is 2.13. The highest BCUT2D eigenvalue weighted by Crippen LogP contribution is 2.19. The molecule has 0 bridgehead atoms. The molecule has 100 valence electrons. The number of carbonyl (C=O) groups excluding carboxylic acids is 1. The molecule has 0 radical (unpaired) electrons. The van der Waals surface area contributed by atoms with Crippen LogP contribution in [-0.4, -0.2) is 10.9 Å². The normalized spacial score (nSPS) is 10.7. The van der Waals surface area contributed by atoms with Gasteiger partial charge in [-0.15, -0.1) is 0 Å². The lowest BCUT2D eigenvalue weighted by atomic mass is 10.2. The molecule has 3 rings (SSSR count). The second-order valence-corrected chi connectivity index (χ2v) is 4.70. The summed E-state index contributed by atoms with van der Waals surface area (Å²) < 4.78 is 5.37. The molecule has 1 N–H and O–H groups in total. The predicted molar refractivity (Wildman–Crippen MR) is 77.9 cm³/mol. The smallest absolute Gasteiger partial charge is 0.259 e. The van der Waals surface area contributed by atoms with E-state index >= 15 is 0 Å². The summed E-state index contributed by atoms with van der Waals surface area (Å²) in [6.07, 6.45) is 1.66. The Morgan fingerprint density at radius 1 is 1.20 bits per heavy atom. The highest BCUT2D eigenvalue weighted by atomic mass is 16.3. The molecule has 4 nitrogen and oxygen atoms in total. The number of hydrogen-bond acceptors (Lipinski definition) is 3. The SMILES string of the molecule is Cc1cc(C(=O)Nc2cnc3ccccc3c2)c(C)o1. The summed E-state index contributed by atoms with van der Waals surface area (Å²) >= 11 is 0. The topological polar surface area (TPSA) is 55.1 Å². The van der Waals surface area contributed by atoms with Gasteiger partial charge in [0.1, 0.15) is 11.5 Å². The number of pyridine rings is 1. The third-order valence-electron chi connectivity index (χ3n) is 3.13. The fourth-order valence-corrected chi connectivity index (χ4v) is 2.19. The Kier molecular flexibility index (Phi) is 2.99. The van der Waals surface area contributed by atoms with Crippen LogP contribution in [0.5, 0.6) is 0 Å². The van der Waals surface area contributed by atoms with Crippen LogP contribution in [0.4, 0.5) is 5.69 Å². The summed E-state index contributed by atoms with van der Waals surface area (Å²) in [6.45, 7) is 3.60. The second-order valence-electron chi connectivity index (χ2n) is 4.70. The Morgan fingerprint density at radius 2 is 2.00 bits per heavy atom. The van der Waals surface area contributed by atoms with Crippen molar-refractivity contribution in [2.45, 2.75) is 13.8 Å². The zero-order valence-corrected chi connectivity index (χ0v) is 11.3. The molecule has 2 aromatic heterocycles. The van der Waals surface area contributed by atoms with Crippen molar-refractivity contribution in [2.75, 3.05) is 5.32 Å². The average Bonchev–Trinajstić information content (AvgIpc) is 2.78. The summed E-state index contributed by atoms with van der Waals surface area (Å²) in [5.41, 5.74) is 2.13. The van der Waals surface area contributed by atoms with Crippen LogP contribution in [0, 0.1) is 13.8 Å². The van der Waals surface area contributed by atoms with Crippen molar-refractivity contribution in [1.29, 1.82) is 0 Å². The van der Waals surface area contributed by atoms with Gasteiger partial charge in [-0.1, -0.05) is 18.2 Å². The molecule has 0 saturated heterocycles. The maximum Gasteiger partial charge on any atom is 0.259 e. The Balaban J connectivity index is 1.89. The number of nitrogens with zero attached hydrogens (tertiary/aromatic N) is 1. The number of rotatable bonds is 2. The molecule has 0 atom stereocenters. The number of benzene rings is 1. The summed E-state index contributed by atoms with van der Waals surface area (Å²) in [6, 6.07) is 11.4. The third kappa shape index (κ3) is 2.28. The lowest BCUT2D eigenvalue weighted by Crippen LogP contribution is -2.12. The van der Waals surface area contributed by atoms with Crippen LogP contribution >= 0.6 is 0 Å². The molecule has 0 fully saturated rings. The standard InChI is InChI=1S/C16H14N2O2/c1-10-7-14(11(2)20-10)16(19)18-13-8-12-5-3-4-6-15(12)17-9-13/h3-9H,1-2H3,(H,18,19). The summed E-state index contributed by atoms with van der Waals surface area (Å²) in [5.74, 6) is 1.16. The van der Waals surface area contributed by atoms with Gasteiger partial charge in [-0.05, 0) is 32.0 Å². The Hall–Kier alpha value is -2.62. The van der Waals surface area contributed by atoms with Crippen molar-refractivity contribution in [3.8, 4) is 0 Å². The monoisotopic (exact) mass is 266 g/mol. The van der Waals surface area contributed by atoms with Gasteiger partial charge in [-0.25, -0.2) is 0 Å². The molecule has 1 amide bonds. The lowest BCUT2D eigenvalue weighted by Gasteiger charge is -2.05. The van der Waals surface area contributed by atoms with Gasteiger partial charge in [0.25, 0.3) is 5.91 Å². The van der Waals surface area contributed by atoms with Crippen LogP contribution in [0.25, 0.3) is 10.9 Å². The zero-order valence-electron chi connectivity index (χ0n) is 11.3. The molecular formula is C16H14N2O2. The molecule has 0 unspecified atom stereocenters. The fourth-order valence-electron chi connectivity index (χ4n) is 2.19. The predicted octanol–water partition coefficient (Wildman–Crippen LogP) is 3.70. The Labute approximate surface area is 116 Å². The van der Waals surface area contributed by atoms with Gasteiger partial charge >= 0.3 is 0 Å². The van der Waals surface area contributed by atoms with Gasteiger partial charge < -0.3 is 9.73 Å². The zero-order chi connectivity index (χ0) is 14.1. The first kappa shape index (κ1) is 12.4. The number of amides is 1. The van der Waals surface area contributed by atoms with E-state index in [-0.39, 0.29) is 5.91 Å². The number of anilines is 1. The van der Waals surface area contributed by atoms with Gasteiger partial charge in [-0.2, -0.15) is 0 Å². The quantitative estimate of drug-likeness (QED) is 0.769. The fraction of sp³-hybridized carbons (Fsp3) is 0.125. The number of hydrogen-bond donors (Lipinski definition) is 1. The molecule has 0 saturated carbocycles. The van der Waals surface area contributed by atoms with Crippen LogP contribution in [0.3, 0.4) is 0 Å². The van der Waals surface area contributed by atoms with Crippen LogP contribution in [-0.2, 0) is 0 Å². The Bertz CT molecular complexity index is 790. The number of carbonyl (C=O) groups is 1. The molecule has 20 heavy (non-hydrogen) atoms. The van der Waals surface area contributed by atoms with E-state index in [9.17, 15) is 4.79 Å². The average molecular weight is 266 g/mol. The minimum absolute atomic E-state index is 0.184. The van der Waals surface area contributed by atoms with Crippen LogP contribution in [0.2, 0.25) is 0 Å². The highest BCUT2D eigenvalue weighted by molar-refractivity contribution is 6.05. The van der Waals surface area contributed by atoms with Gasteiger partial charge in [0.15, 0.2) is 0 Å². The minimum atomic E-state index is -0.184. The maximum atomic E-state index is 12.2. The van der Waals surface area contributed by atoms with E-state index < -0.39 is 0 Å². The van der Waals surface area contributed by atoms with Crippen molar-refractivity contribution >= 4 is 22.5 Å². The van der Waals surface area contributed by atoms with E-state index in [4.69, 9.17) is 4.42 Å². The number of nitrogens with one attached hydrogen (secondary N) is 1.